The Kier molecular flexibility index (Phi) is 4.26. The van der Waals surface area contributed by atoms with Crippen molar-refractivity contribution in [2.75, 3.05) is 7.11 Å². The van der Waals surface area contributed by atoms with Gasteiger partial charge in [-0.05, 0) is 29.8 Å². The van der Waals surface area contributed by atoms with E-state index in [1.807, 2.05) is 54.6 Å². The van der Waals surface area contributed by atoms with Gasteiger partial charge in [0, 0.05) is 17.8 Å². The van der Waals surface area contributed by atoms with E-state index in [4.69, 9.17) is 4.74 Å². The second-order valence-corrected chi connectivity index (χ2v) is 5.14. The zero-order chi connectivity index (χ0) is 15.4. The minimum atomic E-state index is 0.0159. The van der Waals surface area contributed by atoms with Crippen LogP contribution in [0.4, 0.5) is 0 Å². The molecule has 0 aliphatic carbocycles. The van der Waals surface area contributed by atoms with Gasteiger partial charge in [-0.15, -0.1) is 0 Å². The molecular formula is C19H19NO2. The van der Waals surface area contributed by atoms with E-state index in [1.54, 1.807) is 7.11 Å². The Bertz CT molecular complexity index is 747. The minimum absolute atomic E-state index is 0.0159. The second kappa shape index (κ2) is 6.50. The molecule has 0 bridgehead atoms. The number of nitrogens with zero attached hydrogens (tertiary/aromatic N) is 1. The van der Waals surface area contributed by atoms with Crippen molar-refractivity contribution in [1.82, 2.24) is 4.57 Å². The lowest BCUT2D eigenvalue weighted by Crippen LogP contribution is -2.06. The van der Waals surface area contributed by atoms with Crippen molar-refractivity contribution in [3.8, 4) is 17.0 Å². The minimum Gasteiger partial charge on any atom is -0.496 e. The van der Waals surface area contributed by atoms with Crippen LogP contribution in [0.5, 0.6) is 5.75 Å². The maximum absolute atomic E-state index is 9.63. The van der Waals surface area contributed by atoms with Crippen molar-refractivity contribution < 1.29 is 9.84 Å². The molecule has 1 N–H and O–H groups in total. The Labute approximate surface area is 130 Å². The van der Waals surface area contributed by atoms with Gasteiger partial charge in [-0.3, -0.25) is 0 Å². The molecule has 0 fully saturated rings. The summed E-state index contributed by atoms with van der Waals surface area (Å²) in [4.78, 5) is 0. The van der Waals surface area contributed by atoms with Crippen LogP contribution >= 0.6 is 0 Å². The Morgan fingerprint density at radius 2 is 1.64 bits per heavy atom. The molecule has 3 aromatic rings. The molecule has 3 rings (SSSR count). The molecule has 0 aliphatic heterocycles. The topological polar surface area (TPSA) is 34.4 Å². The first kappa shape index (κ1) is 14.4. The van der Waals surface area contributed by atoms with Gasteiger partial charge < -0.3 is 14.4 Å². The van der Waals surface area contributed by atoms with E-state index in [1.165, 1.54) is 5.56 Å². The number of benzene rings is 2. The number of hydrogen-bond acceptors (Lipinski definition) is 2. The van der Waals surface area contributed by atoms with Crippen LogP contribution < -0.4 is 4.74 Å². The van der Waals surface area contributed by atoms with E-state index in [2.05, 4.69) is 16.7 Å². The van der Waals surface area contributed by atoms with E-state index in [0.29, 0.717) is 0 Å². The normalized spacial score (nSPS) is 10.6. The number of methoxy groups -OCH3 is 1. The molecule has 0 amide bonds. The number of ether oxygens (including phenoxy) is 1. The molecule has 112 valence electrons. The third-order valence-corrected chi connectivity index (χ3v) is 3.80. The summed E-state index contributed by atoms with van der Waals surface area (Å²) in [5.41, 5.74) is 4.17. The number of aliphatic hydroxyl groups is 1. The molecule has 0 atom stereocenters. The molecule has 0 saturated heterocycles. The molecule has 0 saturated carbocycles. The van der Waals surface area contributed by atoms with E-state index in [9.17, 15) is 5.11 Å². The average molecular weight is 293 g/mol. The predicted molar refractivity (Wildman–Crippen MR) is 87.9 cm³/mol. The molecule has 1 heterocycles. The Morgan fingerprint density at radius 1 is 0.909 bits per heavy atom. The third-order valence-electron chi connectivity index (χ3n) is 3.80. The highest BCUT2D eigenvalue weighted by Crippen LogP contribution is 2.31. The largest absolute Gasteiger partial charge is 0.496 e. The fraction of sp³-hybridized carbons (Fsp3) is 0.158. The van der Waals surface area contributed by atoms with Gasteiger partial charge >= 0.3 is 0 Å². The van der Waals surface area contributed by atoms with E-state index in [-0.39, 0.29) is 6.61 Å². The second-order valence-electron chi connectivity index (χ2n) is 5.14. The highest BCUT2D eigenvalue weighted by Gasteiger charge is 2.13. The fourth-order valence-corrected chi connectivity index (χ4v) is 2.69. The third kappa shape index (κ3) is 2.76. The fourth-order valence-electron chi connectivity index (χ4n) is 2.69. The number of hydrogen-bond donors (Lipinski definition) is 1. The molecule has 0 aliphatic rings. The van der Waals surface area contributed by atoms with Crippen molar-refractivity contribution in [2.24, 2.45) is 0 Å². The Hall–Kier alpha value is -2.52. The first-order chi connectivity index (χ1) is 10.8. The molecule has 3 heteroatoms. The van der Waals surface area contributed by atoms with Crippen LogP contribution in [-0.2, 0) is 13.2 Å². The van der Waals surface area contributed by atoms with Crippen molar-refractivity contribution in [3.05, 3.63) is 78.0 Å². The van der Waals surface area contributed by atoms with E-state index in [0.717, 1.165) is 29.2 Å². The summed E-state index contributed by atoms with van der Waals surface area (Å²) in [5.74, 6) is 0.833. The lowest BCUT2D eigenvalue weighted by atomic mass is 10.1. The maximum Gasteiger partial charge on any atom is 0.128 e. The van der Waals surface area contributed by atoms with Crippen molar-refractivity contribution in [1.29, 1.82) is 0 Å². The smallest absolute Gasteiger partial charge is 0.128 e. The number of rotatable bonds is 5. The summed E-state index contributed by atoms with van der Waals surface area (Å²) in [6.07, 6.45) is 0. The zero-order valence-corrected chi connectivity index (χ0v) is 12.6. The molecule has 1 aromatic heterocycles. The number of aliphatic hydroxyl groups excluding tert-OH is 1. The molecule has 0 unspecified atom stereocenters. The monoisotopic (exact) mass is 293 g/mol. The quantitative estimate of drug-likeness (QED) is 0.778. The summed E-state index contributed by atoms with van der Waals surface area (Å²) in [5, 5.41) is 9.63. The van der Waals surface area contributed by atoms with Crippen molar-refractivity contribution in [3.63, 3.8) is 0 Å². The Morgan fingerprint density at radius 3 is 2.36 bits per heavy atom. The van der Waals surface area contributed by atoms with Crippen molar-refractivity contribution >= 4 is 0 Å². The van der Waals surface area contributed by atoms with Crippen LogP contribution in [0.3, 0.4) is 0 Å². The SMILES string of the molecule is COc1ccccc1-c1ccc(CO)n1Cc1ccccc1. The highest BCUT2D eigenvalue weighted by molar-refractivity contribution is 5.68. The predicted octanol–water partition coefficient (Wildman–Crippen LogP) is 3.70. The maximum atomic E-state index is 9.63. The number of para-hydroxylation sites is 1. The van der Waals surface area contributed by atoms with Crippen LogP contribution in [0, 0.1) is 0 Å². The van der Waals surface area contributed by atoms with Gasteiger partial charge in [0.1, 0.15) is 5.75 Å². The first-order valence-corrected chi connectivity index (χ1v) is 7.30. The van der Waals surface area contributed by atoms with Crippen LogP contribution in [0.25, 0.3) is 11.3 Å². The van der Waals surface area contributed by atoms with E-state index < -0.39 is 0 Å². The summed E-state index contributed by atoms with van der Waals surface area (Å²) in [6.45, 7) is 0.735. The molecule has 22 heavy (non-hydrogen) atoms. The van der Waals surface area contributed by atoms with Crippen molar-refractivity contribution in [2.45, 2.75) is 13.2 Å². The van der Waals surface area contributed by atoms with Crippen LogP contribution in [0.15, 0.2) is 66.7 Å². The summed E-state index contributed by atoms with van der Waals surface area (Å²) >= 11 is 0. The van der Waals surface area contributed by atoms with Gasteiger partial charge in [0.15, 0.2) is 0 Å². The van der Waals surface area contributed by atoms with Crippen LogP contribution in [0.2, 0.25) is 0 Å². The molecular weight excluding hydrogens is 274 g/mol. The summed E-state index contributed by atoms with van der Waals surface area (Å²) in [6, 6.07) is 22.2. The highest BCUT2D eigenvalue weighted by atomic mass is 16.5. The molecule has 2 aromatic carbocycles. The molecule has 0 spiro atoms. The van der Waals surface area contributed by atoms with E-state index >= 15 is 0 Å². The summed E-state index contributed by atoms with van der Waals surface area (Å²) < 4.78 is 7.60. The lowest BCUT2D eigenvalue weighted by molar-refractivity contribution is 0.272. The lowest BCUT2D eigenvalue weighted by Gasteiger charge is -2.15. The van der Waals surface area contributed by atoms with Gasteiger partial charge in [0.05, 0.1) is 19.4 Å². The van der Waals surface area contributed by atoms with Gasteiger partial charge in [-0.1, -0.05) is 42.5 Å². The summed E-state index contributed by atoms with van der Waals surface area (Å²) in [7, 11) is 1.68. The van der Waals surface area contributed by atoms with Crippen LogP contribution in [0.1, 0.15) is 11.3 Å². The van der Waals surface area contributed by atoms with Gasteiger partial charge in [0.25, 0.3) is 0 Å². The van der Waals surface area contributed by atoms with Gasteiger partial charge in [0.2, 0.25) is 0 Å². The standard InChI is InChI=1S/C19H19NO2/c1-22-19-10-6-5-9-17(19)18-12-11-16(14-21)20(18)13-15-7-3-2-4-8-15/h2-12,21H,13-14H2,1H3. The first-order valence-electron chi connectivity index (χ1n) is 7.30. The zero-order valence-electron chi connectivity index (χ0n) is 12.6. The van der Waals surface area contributed by atoms with Crippen LogP contribution in [-0.4, -0.2) is 16.8 Å². The van der Waals surface area contributed by atoms with Gasteiger partial charge in [-0.2, -0.15) is 0 Å². The van der Waals surface area contributed by atoms with Gasteiger partial charge in [-0.25, -0.2) is 0 Å². The molecule has 0 radical (unpaired) electrons. The molecule has 3 nitrogen and oxygen atoms in total. The Balaban J connectivity index is 2.07. The average Bonchev–Trinajstić information content (AvgIpc) is 2.98. The number of aromatic nitrogens is 1.